The molecule has 0 fully saturated rings. The number of nitrogens with zero attached hydrogens (tertiary/aromatic N) is 1. The summed E-state index contributed by atoms with van der Waals surface area (Å²) in [6.45, 7) is 4.32. The molecule has 66 valence electrons. The van der Waals surface area contributed by atoms with Crippen LogP contribution in [0.5, 0.6) is 0 Å². The van der Waals surface area contributed by atoms with Gasteiger partial charge in [-0.15, -0.1) is 0 Å². The topological polar surface area (TPSA) is 12.9 Å². The van der Waals surface area contributed by atoms with Gasteiger partial charge in [-0.2, -0.15) is 0 Å². The molecule has 0 aliphatic rings. The van der Waals surface area contributed by atoms with Crippen molar-refractivity contribution >= 4 is 15.9 Å². The minimum atomic E-state index is 0.531. The summed E-state index contributed by atoms with van der Waals surface area (Å²) in [5.74, 6) is 0.531. The molecule has 0 radical (unpaired) electrons. The molecule has 0 atom stereocenters. The Morgan fingerprint density at radius 2 is 2.17 bits per heavy atom. The van der Waals surface area contributed by atoms with E-state index in [-0.39, 0.29) is 0 Å². The monoisotopic (exact) mass is 227 g/mol. The van der Waals surface area contributed by atoms with Crippen molar-refractivity contribution in [3.63, 3.8) is 0 Å². The molecular weight excluding hydrogens is 214 g/mol. The van der Waals surface area contributed by atoms with Gasteiger partial charge in [0.2, 0.25) is 0 Å². The second-order valence-corrected chi connectivity index (χ2v) is 3.98. The summed E-state index contributed by atoms with van der Waals surface area (Å²) in [6.07, 6.45) is 3.03. The Morgan fingerprint density at radius 1 is 1.42 bits per heavy atom. The van der Waals surface area contributed by atoms with Crippen LogP contribution in [0.2, 0.25) is 0 Å². The number of aromatic nitrogens is 1. The quantitative estimate of drug-likeness (QED) is 0.724. The van der Waals surface area contributed by atoms with Gasteiger partial charge in [0.25, 0.3) is 0 Å². The van der Waals surface area contributed by atoms with Crippen LogP contribution in [0.15, 0.2) is 18.3 Å². The molecule has 0 saturated heterocycles. The third-order valence-corrected chi connectivity index (χ3v) is 2.22. The van der Waals surface area contributed by atoms with Crippen LogP contribution in [0.25, 0.3) is 0 Å². The molecular formula is C10H14BrN. The zero-order valence-corrected chi connectivity index (χ0v) is 9.13. The molecule has 0 unspecified atom stereocenters. The fourth-order valence-corrected chi connectivity index (χ4v) is 1.49. The molecule has 0 aliphatic carbocycles. The average Bonchev–Trinajstić information content (AvgIpc) is 2.06. The van der Waals surface area contributed by atoms with Gasteiger partial charge in [-0.3, -0.25) is 4.98 Å². The second kappa shape index (κ2) is 4.61. The fraction of sp³-hybridized carbons (Fsp3) is 0.500. The largest absolute Gasteiger partial charge is 0.261 e. The van der Waals surface area contributed by atoms with Crippen molar-refractivity contribution in [2.24, 2.45) is 0 Å². The summed E-state index contributed by atoms with van der Waals surface area (Å²) in [7, 11) is 0. The van der Waals surface area contributed by atoms with Crippen molar-refractivity contribution in [3.8, 4) is 0 Å². The molecule has 0 spiro atoms. The summed E-state index contributed by atoms with van der Waals surface area (Å²) in [5, 5.41) is 1.01. The summed E-state index contributed by atoms with van der Waals surface area (Å²) in [5.41, 5.74) is 2.48. The Hall–Kier alpha value is -0.370. The molecule has 1 rings (SSSR count). The first-order valence-corrected chi connectivity index (χ1v) is 5.37. The van der Waals surface area contributed by atoms with Gasteiger partial charge in [-0.05, 0) is 24.0 Å². The molecule has 12 heavy (non-hydrogen) atoms. The van der Waals surface area contributed by atoms with Crippen molar-refractivity contribution in [2.75, 3.05) is 5.33 Å². The third kappa shape index (κ3) is 2.59. The Morgan fingerprint density at radius 3 is 2.58 bits per heavy atom. The zero-order chi connectivity index (χ0) is 8.97. The highest BCUT2D eigenvalue weighted by molar-refractivity contribution is 9.09. The van der Waals surface area contributed by atoms with Gasteiger partial charge < -0.3 is 0 Å². The van der Waals surface area contributed by atoms with Crippen molar-refractivity contribution in [1.29, 1.82) is 0 Å². The Bertz CT molecular complexity index is 228. The minimum Gasteiger partial charge on any atom is -0.261 e. The van der Waals surface area contributed by atoms with Gasteiger partial charge in [0, 0.05) is 17.2 Å². The maximum absolute atomic E-state index is 4.38. The van der Waals surface area contributed by atoms with Gasteiger partial charge in [0.1, 0.15) is 0 Å². The number of pyridine rings is 1. The van der Waals surface area contributed by atoms with E-state index in [9.17, 15) is 0 Å². The standard InChI is InChI=1S/C10H14BrN/c1-8(2)10-4-3-9(5-6-11)7-12-10/h3-4,7-8H,5-6H2,1-2H3. The number of halogens is 1. The van der Waals surface area contributed by atoms with Crippen molar-refractivity contribution in [3.05, 3.63) is 29.6 Å². The number of hydrogen-bond donors (Lipinski definition) is 0. The fourth-order valence-electron chi connectivity index (χ4n) is 1.03. The van der Waals surface area contributed by atoms with E-state index in [0.717, 1.165) is 11.8 Å². The first-order valence-electron chi connectivity index (χ1n) is 4.25. The van der Waals surface area contributed by atoms with E-state index >= 15 is 0 Å². The first-order chi connectivity index (χ1) is 5.74. The predicted octanol–water partition coefficient (Wildman–Crippen LogP) is 3.14. The van der Waals surface area contributed by atoms with Crippen LogP contribution in [0.4, 0.5) is 0 Å². The number of alkyl halides is 1. The average molecular weight is 228 g/mol. The Balaban J connectivity index is 2.71. The number of aryl methyl sites for hydroxylation is 1. The smallest absolute Gasteiger partial charge is 0.0429 e. The molecule has 0 bridgehead atoms. The lowest BCUT2D eigenvalue weighted by molar-refractivity contribution is 0.819. The molecule has 1 aromatic heterocycles. The van der Waals surface area contributed by atoms with Gasteiger partial charge in [-0.25, -0.2) is 0 Å². The number of hydrogen-bond acceptors (Lipinski definition) is 1. The molecule has 0 amide bonds. The minimum absolute atomic E-state index is 0.531. The van der Waals surface area contributed by atoms with Crippen LogP contribution in [0, 0.1) is 0 Å². The van der Waals surface area contributed by atoms with Crippen molar-refractivity contribution in [2.45, 2.75) is 26.2 Å². The number of rotatable bonds is 3. The van der Waals surface area contributed by atoms with E-state index in [4.69, 9.17) is 0 Å². The molecule has 0 aliphatic heterocycles. The Kier molecular flexibility index (Phi) is 3.73. The van der Waals surface area contributed by atoms with Crippen LogP contribution >= 0.6 is 15.9 Å². The van der Waals surface area contributed by atoms with E-state index in [2.05, 4.69) is 46.9 Å². The van der Waals surface area contributed by atoms with E-state index in [0.29, 0.717) is 5.92 Å². The molecule has 1 heterocycles. The normalized spacial score (nSPS) is 10.7. The van der Waals surface area contributed by atoms with Gasteiger partial charge in [0.05, 0.1) is 0 Å². The zero-order valence-electron chi connectivity index (χ0n) is 7.55. The Labute approximate surface area is 82.3 Å². The summed E-state index contributed by atoms with van der Waals surface area (Å²) in [6, 6.07) is 4.27. The first kappa shape index (κ1) is 9.72. The molecule has 0 saturated carbocycles. The van der Waals surface area contributed by atoms with E-state index < -0.39 is 0 Å². The lowest BCUT2D eigenvalue weighted by Crippen LogP contribution is -1.94. The van der Waals surface area contributed by atoms with E-state index in [1.807, 2.05) is 6.20 Å². The summed E-state index contributed by atoms with van der Waals surface area (Å²) >= 11 is 3.41. The third-order valence-electron chi connectivity index (χ3n) is 1.82. The molecule has 2 heteroatoms. The van der Waals surface area contributed by atoms with Crippen LogP contribution < -0.4 is 0 Å². The van der Waals surface area contributed by atoms with Crippen LogP contribution in [0.1, 0.15) is 31.0 Å². The predicted molar refractivity (Wildman–Crippen MR) is 55.8 cm³/mol. The second-order valence-electron chi connectivity index (χ2n) is 3.18. The van der Waals surface area contributed by atoms with E-state index in [1.54, 1.807) is 0 Å². The van der Waals surface area contributed by atoms with Crippen molar-refractivity contribution < 1.29 is 0 Å². The maximum Gasteiger partial charge on any atom is 0.0429 e. The maximum atomic E-state index is 4.38. The van der Waals surface area contributed by atoms with Crippen LogP contribution in [0.3, 0.4) is 0 Å². The highest BCUT2D eigenvalue weighted by Crippen LogP contribution is 2.11. The lowest BCUT2D eigenvalue weighted by atomic mass is 10.1. The summed E-state index contributed by atoms with van der Waals surface area (Å²) < 4.78 is 0. The summed E-state index contributed by atoms with van der Waals surface area (Å²) in [4.78, 5) is 4.38. The highest BCUT2D eigenvalue weighted by Gasteiger charge is 1.99. The van der Waals surface area contributed by atoms with Crippen LogP contribution in [-0.4, -0.2) is 10.3 Å². The molecule has 0 N–H and O–H groups in total. The molecule has 1 aromatic rings. The van der Waals surface area contributed by atoms with Gasteiger partial charge >= 0.3 is 0 Å². The van der Waals surface area contributed by atoms with E-state index in [1.165, 1.54) is 11.3 Å². The van der Waals surface area contributed by atoms with Crippen LogP contribution in [-0.2, 0) is 6.42 Å². The van der Waals surface area contributed by atoms with Gasteiger partial charge in [-0.1, -0.05) is 35.8 Å². The molecule has 1 nitrogen and oxygen atoms in total. The highest BCUT2D eigenvalue weighted by atomic mass is 79.9. The van der Waals surface area contributed by atoms with Crippen molar-refractivity contribution in [1.82, 2.24) is 4.98 Å². The molecule has 0 aromatic carbocycles. The lowest BCUT2D eigenvalue weighted by Gasteiger charge is -2.04. The van der Waals surface area contributed by atoms with Gasteiger partial charge in [0.15, 0.2) is 0 Å². The SMILES string of the molecule is CC(C)c1ccc(CCBr)cn1.